The Bertz CT molecular complexity index is 651. The molecule has 1 unspecified atom stereocenters. The Labute approximate surface area is 122 Å². The lowest BCUT2D eigenvalue weighted by molar-refractivity contribution is 0.613. The zero-order valence-electron chi connectivity index (χ0n) is 11.0. The average molecular weight is 289 g/mol. The van der Waals surface area contributed by atoms with Gasteiger partial charge in [0.2, 0.25) is 0 Å². The fraction of sp³-hybridized carbons (Fsp3) is 0.188. The van der Waals surface area contributed by atoms with Gasteiger partial charge in [0.15, 0.2) is 0 Å². The maximum absolute atomic E-state index is 13.2. The van der Waals surface area contributed by atoms with Crippen molar-refractivity contribution in [1.82, 2.24) is 0 Å². The third-order valence-corrected chi connectivity index (χ3v) is 3.31. The lowest BCUT2D eigenvalue weighted by Gasteiger charge is -2.25. The third-order valence-electron chi connectivity index (χ3n) is 2.98. The molecule has 0 aromatic heterocycles. The third kappa shape index (κ3) is 3.49. The van der Waals surface area contributed by atoms with Crippen LogP contribution in [0.5, 0.6) is 0 Å². The molecular formula is C16H14ClFN2. The summed E-state index contributed by atoms with van der Waals surface area (Å²) >= 11 is 6.08. The van der Waals surface area contributed by atoms with Crippen LogP contribution in [0.2, 0.25) is 5.02 Å². The average Bonchev–Trinajstić information content (AvgIpc) is 2.41. The van der Waals surface area contributed by atoms with Gasteiger partial charge in [-0.2, -0.15) is 5.26 Å². The van der Waals surface area contributed by atoms with Crippen LogP contribution in [0.25, 0.3) is 0 Å². The van der Waals surface area contributed by atoms with Crippen molar-refractivity contribution in [2.24, 2.45) is 0 Å². The highest BCUT2D eigenvalue weighted by atomic mass is 35.5. The molecule has 0 aliphatic rings. The van der Waals surface area contributed by atoms with Crippen LogP contribution in [0.4, 0.5) is 10.1 Å². The highest BCUT2D eigenvalue weighted by Gasteiger charge is 2.25. The first-order chi connectivity index (χ1) is 9.52. The van der Waals surface area contributed by atoms with Gasteiger partial charge >= 0.3 is 0 Å². The number of anilines is 1. The molecule has 2 aromatic carbocycles. The zero-order valence-corrected chi connectivity index (χ0v) is 11.8. The number of benzene rings is 2. The quantitative estimate of drug-likeness (QED) is 0.904. The Morgan fingerprint density at radius 1 is 1.25 bits per heavy atom. The van der Waals surface area contributed by atoms with E-state index in [0.717, 1.165) is 5.56 Å². The van der Waals surface area contributed by atoms with E-state index in [1.54, 1.807) is 25.1 Å². The molecule has 1 atom stereocenters. The predicted molar refractivity (Wildman–Crippen MR) is 79.2 cm³/mol. The van der Waals surface area contributed by atoms with Gasteiger partial charge in [-0.05, 0) is 36.8 Å². The van der Waals surface area contributed by atoms with Gasteiger partial charge in [-0.3, -0.25) is 0 Å². The van der Waals surface area contributed by atoms with E-state index in [4.69, 9.17) is 11.6 Å². The number of rotatable bonds is 4. The van der Waals surface area contributed by atoms with Gasteiger partial charge in [0.1, 0.15) is 11.4 Å². The van der Waals surface area contributed by atoms with Gasteiger partial charge in [0, 0.05) is 6.42 Å². The highest BCUT2D eigenvalue weighted by molar-refractivity contribution is 6.33. The standard InChI is InChI=1S/C16H14ClFN2/c1-16(11-19,10-12-5-4-6-13(18)9-12)20-15-8-3-2-7-14(15)17/h2-9,20H,10H2,1H3. The van der Waals surface area contributed by atoms with E-state index in [9.17, 15) is 9.65 Å². The number of hydrogen-bond donors (Lipinski definition) is 1. The van der Waals surface area contributed by atoms with Gasteiger partial charge in [-0.1, -0.05) is 35.9 Å². The van der Waals surface area contributed by atoms with Crippen molar-refractivity contribution in [3.8, 4) is 6.07 Å². The molecule has 0 radical (unpaired) electrons. The van der Waals surface area contributed by atoms with Crippen LogP contribution in [0.15, 0.2) is 48.5 Å². The van der Waals surface area contributed by atoms with Crippen LogP contribution < -0.4 is 5.32 Å². The molecule has 1 N–H and O–H groups in total. The summed E-state index contributed by atoms with van der Waals surface area (Å²) in [6, 6.07) is 15.7. The number of nitrogens with zero attached hydrogens (tertiary/aromatic N) is 1. The second-order valence-electron chi connectivity index (χ2n) is 4.86. The molecule has 0 saturated heterocycles. The van der Waals surface area contributed by atoms with Crippen LogP contribution >= 0.6 is 11.6 Å². The molecule has 0 aliphatic carbocycles. The lowest BCUT2D eigenvalue weighted by atomic mass is 9.94. The van der Waals surface area contributed by atoms with Gasteiger partial charge in [0.05, 0.1) is 16.8 Å². The summed E-state index contributed by atoms with van der Waals surface area (Å²) < 4.78 is 13.2. The Kier molecular flexibility index (Phi) is 4.26. The van der Waals surface area contributed by atoms with Crippen LogP contribution in [-0.4, -0.2) is 5.54 Å². The number of hydrogen-bond acceptors (Lipinski definition) is 2. The topological polar surface area (TPSA) is 35.8 Å². The molecule has 0 fully saturated rings. The maximum atomic E-state index is 13.2. The first-order valence-electron chi connectivity index (χ1n) is 6.21. The smallest absolute Gasteiger partial charge is 0.126 e. The molecule has 2 nitrogen and oxygen atoms in total. The van der Waals surface area contributed by atoms with Crippen LogP contribution in [0.1, 0.15) is 12.5 Å². The predicted octanol–water partition coefficient (Wildman–Crippen LogP) is 4.42. The minimum atomic E-state index is -0.862. The van der Waals surface area contributed by atoms with Crippen molar-refractivity contribution in [1.29, 1.82) is 5.26 Å². The largest absolute Gasteiger partial charge is 0.366 e. The monoisotopic (exact) mass is 288 g/mol. The number of nitriles is 1. The number of halogens is 2. The van der Waals surface area contributed by atoms with Crippen molar-refractivity contribution in [3.05, 3.63) is 64.9 Å². The van der Waals surface area contributed by atoms with Crippen molar-refractivity contribution < 1.29 is 4.39 Å². The molecule has 0 amide bonds. The summed E-state index contributed by atoms with van der Waals surface area (Å²) in [7, 11) is 0. The molecule has 0 bridgehead atoms. The van der Waals surface area contributed by atoms with Crippen LogP contribution in [0.3, 0.4) is 0 Å². The number of para-hydroxylation sites is 1. The normalized spacial score (nSPS) is 13.3. The number of nitrogens with one attached hydrogen (secondary N) is 1. The van der Waals surface area contributed by atoms with Crippen molar-refractivity contribution in [3.63, 3.8) is 0 Å². The van der Waals surface area contributed by atoms with E-state index in [-0.39, 0.29) is 5.82 Å². The minimum Gasteiger partial charge on any atom is -0.366 e. The van der Waals surface area contributed by atoms with E-state index in [2.05, 4.69) is 11.4 Å². The molecule has 0 aliphatic heterocycles. The fourth-order valence-electron chi connectivity index (χ4n) is 2.03. The van der Waals surface area contributed by atoms with Crippen molar-refractivity contribution in [2.75, 3.05) is 5.32 Å². The van der Waals surface area contributed by atoms with E-state index in [0.29, 0.717) is 17.1 Å². The van der Waals surface area contributed by atoms with E-state index in [1.165, 1.54) is 12.1 Å². The first-order valence-corrected chi connectivity index (χ1v) is 6.59. The molecule has 2 rings (SSSR count). The Morgan fingerprint density at radius 3 is 2.65 bits per heavy atom. The Balaban J connectivity index is 2.22. The summed E-state index contributed by atoms with van der Waals surface area (Å²) in [5, 5.41) is 13.1. The highest BCUT2D eigenvalue weighted by Crippen LogP contribution is 2.26. The molecule has 2 aromatic rings. The van der Waals surface area contributed by atoms with Gasteiger partial charge in [0.25, 0.3) is 0 Å². The van der Waals surface area contributed by atoms with Gasteiger partial charge in [-0.25, -0.2) is 4.39 Å². The Hall–Kier alpha value is -2.05. The summed E-state index contributed by atoms with van der Waals surface area (Å²) in [5.74, 6) is -0.305. The summed E-state index contributed by atoms with van der Waals surface area (Å²) in [6.45, 7) is 1.77. The van der Waals surface area contributed by atoms with Gasteiger partial charge < -0.3 is 5.32 Å². The molecule has 0 saturated carbocycles. The van der Waals surface area contributed by atoms with Crippen molar-refractivity contribution >= 4 is 17.3 Å². The molecule has 0 spiro atoms. The first kappa shape index (κ1) is 14.4. The molecule has 0 heterocycles. The van der Waals surface area contributed by atoms with Crippen molar-refractivity contribution in [2.45, 2.75) is 18.9 Å². The Morgan fingerprint density at radius 2 is 2.00 bits per heavy atom. The zero-order chi connectivity index (χ0) is 14.6. The SMILES string of the molecule is CC(C#N)(Cc1cccc(F)c1)Nc1ccccc1Cl. The molecular weight excluding hydrogens is 275 g/mol. The molecule has 4 heteroatoms. The lowest BCUT2D eigenvalue weighted by Crippen LogP contribution is -2.35. The molecule has 20 heavy (non-hydrogen) atoms. The fourth-order valence-corrected chi connectivity index (χ4v) is 2.21. The van der Waals surface area contributed by atoms with E-state index < -0.39 is 5.54 Å². The minimum absolute atomic E-state index is 0.305. The van der Waals surface area contributed by atoms with Crippen LogP contribution in [-0.2, 0) is 6.42 Å². The maximum Gasteiger partial charge on any atom is 0.126 e. The van der Waals surface area contributed by atoms with Gasteiger partial charge in [-0.15, -0.1) is 0 Å². The summed E-state index contributed by atoms with van der Waals surface area (Å²) in [6.07, 6.45) is 0.381. The second kappa shape index (κ2) is 5.94. The van der Waals surface area contributed by atoms with E-state index in [1.807, 2.05) is 18.2 Å². The molecule has 102 valence electrons. The summed E-state index contributed by atoms with van der Waals surface area (Å²) in [4.78, 5) is 0. The second-order valence-corrected chi connectivity index (χ2v) is 5.26. The summed E-state index contributed by atoms with van der Waals surface area (Å²) in [5.41, 5.74) is 0.585. The van der Waals surface area contributed by atoms with Crippen LogP contribution in [0, 0.1) is 17.1 Å². The van der Waals surface area contributed by atoms with E-state index >= 15 is 0 Å².